The molecule has 0 radical (unpaired) electrons. The first-order chi connectivity index (χ1) is 14.4. The molecule has 4 rings (SSSR count). The van der Waals surface area contributed by atoms with Crippen molar-refractivity contribution in [2.75, 3.05) is 31.1 Å². The van der Waals surface area contributed by atoms with Crippen LogP contribution in [0.15, 0.2) is 24.3 Å². The number of aryl methyl sites for hydroxylation is 1. The molecule has 1 aromatic carbocycles. The van der Waals surface area contributed by atoms with Crippen LogP contribution in [-0.2, 0) is 14.4 Å². The van der Waals surface area contributed by atoms with Gasteiger partial charge in [-0.15, -0.1) is 0 Å². The summed E-state index contributed by atoms with van der Waals surface area (Å²) in [6.45, 7) is 6.72. The van der Waals surface area contributed by atoms with Gasteiger partial charge in [-0.3, -0.25) is 14.4 Å². The van der Waals surface area contributed by atoms with Crippen LogP contribution in [0.2, 0.25) is 0 Å². The average Bonchev–Trinajstić information content (AvgIpc) is 3.15. The molecule has 3 aliphatic rings. The quantitative estimate of drug-likeness (QED) is 0.768. The molecule has 1 aromatic rings. The molecule has 30 heavy (non-hydrogen) atoms. The van der Waals surface area contributed by atoms with E-state index in [1.165, 1.54) is 6.42 Å². The van der Waals surface area contributed by atoms with E-state index in [0.29, 0.717) is 25.7 Å². The highest BCUT2D eigenvalue weighted by molar-refractivity contribution is 6.00. The Kier molecular flexibility index (Phi) is 6.11. The van der Waals surface area contributed by atoms with Gasteiger partial charge in [-0.2, -0.15) is 0 Å². The van der Waals surface area contributed by atoms with E-state index in [1.807, 2.05) is 36.1 Å². The van der Waals surface area contributed by atoms with Crippen molar-refractivity contribution in [3.05, 3.63) is 29.8 Å². The van der Waals surface area contributed by atoms with Crippen molar-refractivity contribution in [3.63, 3.8) is 0 Å². The van der Waals surface area contributed by atoms with E-state index in [-0.39, 0.29) is 36.0 Å². The highest BCUT2D eigenvalue weighted by atomic mass is 16.2. The van der Waals surface area contributed by atoms with Crippen LogP contribution in [0.3, 0.4) is 0 Å². The molecule has 3 amide bonds. The minimum Gasteiger partial charge on any atom is -0.342 e. The predicted octanol–water partition coefficient (Wildman–Crippen LogP) is 2.99. The zero-order valence-electron chi connectivity index (χ0n) is 18.2. The number of rotatable bonds is 3. The minimum atomic E-state index is -0.284. The Morgan fingerprint density at radius 1 is 0.900 bits per heavy atom. The maximum atomic E-state index is 13.1. The Morgan fingerprint density at radius 2 is 1.60 bits per heavy atom. The monoisotopic (exact) mass is 411 g/mol. The third kappa shape index (κ3) is 4.23. The van der Waals surface area contributed by atoms with Gasteiger partial charge in [-0.25, -0.2) is 0 Å². The third-order valence-electron chi connectivity index (χ3n) is 7.06. The zero-order chi connectivity index (χ0) is 21.3. The molecule has 0 spiro atoms. The smallest absolute Gasteiger partial charge is 0.228 e. The third-order valence-corrected chi connectivity index (χ3v) is 7.06. The molecule has 3 heterocycles. The standard InChI is InChI=1S/C24H33N3O3/c1-17-6-8-21(9-7-17)27-16-20(15-22(27)28)23(29)25-13-10-19(11-14-25)24(30)26-12-4-3-5-18(26)2/h6-9,18-20H,3-5,10-16H2,1-2H3/t18-,20+/m0/s1. The molecular formula is C24H33N3O3. The zero-order valence-corrected chi connectivity index (χ0v) is 18.2. The van der Waals surface area contributed by atoms with E-state index in [0.717, 1.165) is 43.5 Å². The van der Waals surface area contributed by atoms with E-state index in [9.17, 15) is 14.4 Å². The first-order valence-corrected chi connectivity index (χ1v) is 11.4. The molecule has 0 aliphatic carbocycles. The molecule has 162 valence electrons. The van der Waals surface area contributed by atoms with Gasteiger partial charge in [0.15, 0.2) is 0 Å². The number of nitrogens with zero attached hydrogens (tertiary/aromatic N) is 3. The summed E-state index contributed by atoms with van der Waals surface area (Å²) in [6, 6.07) is 8.20. The Balaban J connectivity index is 1.31. The lowest BCUT2D eigenvalue weighted by Gasteiger charge is -2.39. The highest BCUT2D eigenvalue weighted by Gasteiger charge is 2.39. The van der Waals surface area contributed by atoms with Crippen LogP contribution in [-0.4, -0.2) is 59.7 Å². The van der Waals surface area contributed by atoms with Gasteiger partial charge in [0.25, 0.3) is 0 Å². The second kappa shape index (κ2) is 8.78. The Bertz CT molecular complexity index is 798. The number of benzene rings is 1. The van der Waals surface area contributed by atoms with Crippen LogP contribution in [0.4, 0.5) is 5.69 Å². The van der Waals surface area contributed by atoms with Crippen molar-refractivity contribution in [2.45, 2.75) is 58.4 Å². The number of carbonyl (C=O) groups is 3. The van der Waals surface area contributed by atoms with Gasteiger partial charge in [0.1, 0.15) is 0 Å². The molecule has 6 nitrogen and oxygen atoms in total. The first-order valence-electron chi connectivity index (χ1n) is 11.4. The Hall–Kier alpha value is -2.37. The van der Waals surface area contributed by atoms with Crippen molar-refractivity contribution in [1.29, 1.82) is 0 Å². The van der Waals surface area contributed by atoms with Gasteiger partial charge < -0.3 is 14.7 Å². The largest absolute Gasteiger partial charge is 0.342 e. The molecular weight excluding hydrogens is 378 g/mol. The van der Waals surface area contributed by atoms with Crippen molar-refractivity contribution >= 4 is 23.4 Å². The lowest BCUT2D eigenvalue weighted by atomic mass is 9.92. The fourth-order valence-electron chi connectivity index (χ4n) is 5.11. The summed E-state index contributed by atoms with van der Waals surface area (Å²) in [7, 11) is 0. The Labute approximate surface area is 179 Å². The lowest BCUT2D eigenvalue weighted by Crippen LogP contribution is -2.49. The van der Waals surface area contributed by atoms with E-state index < -0.39 is 0 Å². The summed E-state index contributed by atoms with van der Waals surface area (Å²) in [6.07, 6.45) is 5.14. The summed E-state index contributed by atoms with van der Waals surface area (Å²) in [4.78, 5) is 44.2. The molecule has 0 N–H and O–H groups in total. The first kappa shape index (κ1) is 20.9. The fraction of sp³-hybridized carbons (Fsp3) is 0.625. The van der Waals surface area contributed by atoms with Crippen LogP contribution < -0.4 is 4.90 Å². The Morgan fingerprint density at radius 3 is 2.27 bits per heavy atom. The van der Waals surface area contributed by atoms with E-state index in [4.69, 9.17) is 0 Å². The van der Waals surface area contributed by atoms with Crippen LogP contribution in [0.1, 0.15) is 51.0 Å². The van der Waals surface area contributed by atoms with E-state index >= 15 is 0 Å². The number of piperidine rings is 2. The molecule has 0 unspecified atom stereocenters. The summed E-state index contributed by atoms with van der Waals surface area (Å²) in [5.74, 6) is 0.101. The maximum Gasteiger partial charge on any atom is 0.228 e. The van der Waals surface area contributed by atoms with Crippen LogP contribution >= 0.6 is 0 Å². The molecule has 6 heteroatoms. The predicted molar refractivity (Wildman–Crippen MR) is 116 cm³/mol. The van der Waals surface area contributed by atoms with Gasteiger partial charge in [0.05, 0.1) is 5.92 Å². The number of hydrogen-bond acceptors (Lipinski definition) is 3. The number of anilines is 1. The summed E-state index contributed by atoms with van der Waals surface area (Å²) < 4.78 is 0. The number of likely N-dealkylation sites (tertiary alicyclic amines) is 2. The molecule has 0 aromatic heterocycles. The number of amides is 3. The second-order valence-electron chi connectivity index (χ2n) is 9.22. The number of carbonyl (C=O) groups excluding carboxylic acids is 3. The van der Waals surface area contributed by atoms with Gasteiger partial charge in [-0.1, -0.05) is 17.7 Å². The number of hydrogen-bond donors (Lipinski definition) is 0. The molecule has 0 saturated carbocycles. The van der Waals surface area contributed by atoms with Crippen molar-refractivity contribution in [3.8, 4) is 0 Å². The average molecular weight is 412 g/mol. The van der Waals surface area contributed by atoms with E-state index in [2.05, 4.69) is 11.8 Å². The summed E-state index contributed by atoms with van der Waals surface area (Å²) in [5, 5.41) is 0. The molecule has 3 fully saturated rings. The molecule has 0 bridgehead atoms. The highest BCUT2D eigenvalue weighted by Crippen LogP contribution is 2.29. The van der Waals surface area contributed by atoms with Crippen LogP contribution in [0, 0.1) is 18.8 Å². The molecule has 2 atom stereocenters. The van der Waals surface area contributed by atoms with Gasteiger partial charge >= 0.3 is 0 Å². The van der Waals surface area contributed by atoms with Crippen LogP contribution in [0.5, 0.6) is 0 Å². The van der Waals surface area contributed by atoms with Gasteiger partial charge in [-0.05, 0) is 58.1 Å². The fourth-order valence-corrected chi connectivity index (χ4v) is 5.11. The summed E-state index contributed by atoms with van der Waals surface area (Å²) >= 11 is 0. The van der Waals surface area contributed by atoms with Crippen molar-refractivity contribution in [2.24, 2.45) is 11.8 Å². The lowest BCUT2D eigenvalue weighted by molar-refractivity contribution is -0.144. The van der Waals surface area contributed by atoms with Gasteiger partial charge in [0.2, 0.25) is 17.7 Å². The van der Waals surface area contributed by atoms with Crippen molar-refractivity contribution in [1.82, 2.24) is 9.80 Å². The SMILES string of the molecule is Cc1ccc(N2C[C@H](C(=O)N3CCC(C(=O)N4CCCC[C@@H]4C)CC3)CC2=O)cc1. The maximum absolute atomic E-state index is 13.1. The normalized spacial score (nSPS) is 25.7. The second-order valence-corrected chi connectivity index (χ2v) is 9.22. The van der Waals surface area contributed by atoms with Gasteiger partial charge in [0, 0.05) is 50.2 Å². The molecule has 3 saturated heterocycles. The topological polar surface area (TPSA) is 60.9 Å². The summed E-state index contributed by atoms with van der Waals surface area (Å²) in [5.41, 5.74) is 2.01. The van der Waals surface area contributed by atoms with Crippen LogP contribution in [0.25, 0.3) is 0 Å². The minimum absolute atomic E-state index is 0.0151. The van der Waals surface area contributed by atoms with Crippen molar-refractivity contribution < 1.29 is 14.4 Å². The molecule has 3 aliphatic heterocycles. The van der Waals surface area contributed by atoms with E-state index in [1.54, 1.807) is 4.90 Å².